The van der Waals surface area contributed by atoms with Crippen LogP contribution in [-0.4, -0.2) is 100 Å². The van der Waals surface area contributed by atoms with Crippen LogP contribution in [0.1, 0.15) is 271 Å². The lowest BCUT2D eigenvalue weighted by molar-refractivity contribution is -0.302. The average Bonchev–Trinajstić information content (AvgIpc) is 3.32. The summed E-state index contributed by atoms with van der Waals surface area (Å²) < 4.78 is 16.7. The number of aliphatic hydroxyl groups is 5. The topological polar surface area (TPSA) is 175 Å². The molecule has 67 heavy (non-hydrogen) atoms. The van der Waals surface area contributed by atoms with E-state index in [9.17, 15) is 35.1 Å². The molecule has 0 saturated carbocycles. The van der Waals surface area contributed by atoms with Gasteiger partial charge >= 0.3 is 5.97 Å². The highest BCUT2D eigenvalue weighted by Gasteiger charge is 2.44. The summed E-state index contributed by atoms with van der Waals surface area (Å²) in [5, 5.41) is 54.1. The molecule has 0 radical (unpaired) electrons. The molecular formula is C56H107NO10. The maximum absolute atomic E-state index is 13.0. The van der Waals surface area contributed by atoms with E-state index in [1.807, 2.05) is 6.08 Å². The number of allylic oxidation sites excluding steroid dienone is 1. The molecule has 6 N–H and O–H groups in total. The van der Waals surface area contributed by atoms with Crippen molar-refractivity contribution in [3.63, 3.8) is 0 Å². The number of nitrogens with one attached hydrogen (secondary N) is 1. The van der Waals surface area contributed by atoms with Crippen LogP contribution in [-0.2, 0) is 23.8 Å². The van der Waals surface area contributed by atoms with E-state index in [1.54, 1.807) is 6.08 Å². The number of hydrogen-bond acceptors (Lipinski definition) is 10. The van der Waals surface area contributed by atoms with Gasteiger partial charge in [0.2, 0.25) is 5.91 Å². The van der Waals surface area contributed by atoms with Crippen LogP contribution in [0.5, 0.6) is 0 Å². The molecule has 1 aliphatic heterocycles. The Kier molecular flexibility index (Phi) is 44.3. The molecule has 1 amide bonds. The number of rotatable bonds is 49. The van der Waals surface area contributed by atoms with Crippen molar-refractivity contribution >= 4 is 11.9 Å². The molecular weight excluding hydrogens is 847 g/mol. The van der Waals surface area contributed by atoms with E-state index < -0.39 is 49.5 Å². The molecule has 11 heteroatoms. The zero-order valence-electron chi connectivity index (χ0n) is 43.4. The zero-order chi connectivity index (χ0) is 48.8. The summed E-state index contributed by atoms with van der Waals surface area (Å²) in [5.41, 5.74) is 0. The highest BCUT2D eigenvalue weighted by molar-refractivity contribution is 5.76. The number of amides is 1. The van der Waals surface area contributed by atoms with E-state index >= 15 is 0 Å². The van der Waals surface area contributed by atoms with Crippen molar-refractivity contribution in [1.29, 1.82) is 0 Å². The highest BCUT2D eigenvalue weighted by Crippen LogP contribution is 2.23. The Bertz CT molecular complexity index is 1120. The molecule has 396 valence electrons. The van der Waals surface area contributed by atoms with E-state index in [0.29, 0.717) is 19.4 Å². The van der Waals surface area contributed by atoms with E-state index in [2.05, 4.69) is 19.2 Å². The summed E-state index contributed by atoms with van der Waals surface area (Å²) in [6.45, 7) is 4.29. The van der Waals surface area contributed by atoms with Crippen LogP contribution in [0, 0.1) is 0 Å². The lowest BCUT2D eigenvalue weighted by atomic mass is 9.99. The Morgan fingerprint density at radius 1 is 0.537 bits per heavy atom. The molecule has 0 aromatic rings. The average molecular weight is 954 g/mol. The summed E-state index contributed by atoms with van der Waals surface area (Å²) in [6, 6.07) is -0.815. The van der Waals surface area contributed by atoms with Gasteiger partial charge in [-0.1, -0.05) is 238 Å². The molecule has 7 atom stereocenters. The fourth-order valence-corrected chi connectivity index (χ4v) is 9.08. The van der Waals surface area contributed by atoms with Gasteiger partial charge in [-0.2, -0.15) is 0 Å². The van der Waals surface area contributed by atoms with Crippen molar-refractivity contribution in [3.05, 3.63) is 12.2 Å². The van der Waals surface area contributed by atoms with Gasteiger partial charge in [-0.15, -0.1) is 0 Å². The summed E-state index contributed by atoms with van der Waals surface area (Å²) in [7, 11) is 0. The van der Waals surface area contributed by atoms with E-state index in [1.165, 1.54) is 173 Å². The van der Waals surface area contributed by atoms with Crippen LogP contribution in [0.25, 0.3) is 0 Å². The number of aliphatic hydroxyl groups excluding tert-OH is 5. The lowest BCUT2D eigenvalue weighted by Gasteiger charge is -2.40. The molecule has 1 rings (SSSR count). The normalized spacial score (nSPS) is 19.5. The van der Waals surface area contributed by atoms with Crippen LogP contribution >= 0.6 is 0 Å². The maximum Gasteiger partial charge on any atom is 0.305 e. The number of ether oxygens (including phenoxy) is 3. The second-order valence-electron chi connectivity index (χ2n) is 20.0. The predicted octanol–water partition coefficient (Wildman–Crippen LogP) is 12.4. The molecule has 0 bridgehead atoms. The minimum atomic E-state index is -1.57. The van der Waals surface area contributed by atoms with Crippen LogP contribution in [0.3, 0.4) is 0 Å². The Morgan fingerprint density at radius 2 is 0.940 bits per heavy atom. The fraction of sp³-hybridized carbons (Fsp3) is 0.929. The molecule has 0 aromatic carbocycles. The molecule has 1 aliphatic rings. The van der Waals surface area contributed by atoms with Crippen molar-refractivity contribution in [2.75, 3.05) is 19.8 Å². The third-order valence-electron chi connectivity index (χ3n) is 13.7. The molecule has 0 aliphatic carbocycles. The van der Waals surface area contributed by atoms with E-state index in [0.717, 1.165) is 70.6 Å². The van der Waals surface area contributed by atoms with Crippen molar-refractivity contribution in [3.8, 4) is 0 Å². The first-order valence-electron chi connectivity index (χ1n) is 28.5. The van der Waals surface area contributed by atoms with Crippen molar-refractivity contribution < 1.29 is 49.3 Å². The number of carbonyl (C=O) groups is 2. The largest absolute Gasteiger partial charge is 0.466 e. The van der Waals surface area contributed by atoms with Crippen LogP contribution in [0.2, 0.25) is 0 Å². The Labute approximate surface area is 410 Å². The van der Waals surface area contributed by atoms with Crippen LogP contribution in [0.4, 0.5) is 0 Å². The van der Waals surface area contributed by atoms with E-state index in [-0.39, 0.29) is 18.5 Å². The summed E-state index contributed by atoms with van der Waals surface area (Å²) in [6.07, 6.45) is 43.0. The Hall–Kier alpha value is -1.60. The van der Waals surface area contributed by atoms with Gasteiger partial charge in [0.25, 0.3) is 0 Å². The van der Waals surface area contributed by atoms with Crippen molar-refractivity contribution in [2.45, 2.75) is 314 Å². The first-order valence-corrected chi connectivity index (χ1v) is 28.5. The van der Waals surface area contributed by atoms with Gasteiger partial charge in [-0.05, 0) is 32.1 Å². The quantitative estimate of drug-likeness (QED) is 0.0196. The Balaban J connectivity index is 2.05. The van der Waals surface area contributed by atoms with E-state index in [4.69, 9.17) is 14.2 Å². The second kappa shape index (κ2) is 46.8. The predicted molar refractivity (Wildman–Crippen MR) is 274 cm³/mol. The van der Waals surface area contributed by atoms with Gasteiger partial charge in [-0.3, -0.25) is 9.59 Å². The fourth-order valence-electron chi connectivity index (χ4n) is 9.08. The maximum atomic E-state index is 13.0. The smallest absolute Gasteiger partial charge is 0.305 e. The SMILES string of the molecule is CCCCCCCCC/C=C/C(O)C(COC1OC(CO)C(O)C(O)C1O)NC(=O)CCCCCCCCCCCCCCCCOC(=O)CCCCCCCCCCCCCCCCCC. The standard InChI is InChI=1S/C56H107NO10/c1-3-5-7-9-11-13-14-15-16-17-21-24-28-32-36-40-44-52(61)65-45-41-37-33-29-25-22-19-18-20-23-27-31-35-39-43-51(60)57-48(49(59)42-38-34-30-26-12-10-8-6-4-2)47-66-56-55(64)54(63)53(62)50(46-58)67-56/h38,42,48-50,53-56,58-59,62-64H,3-37,39-41,43-47H2,1-2H3,(H,57,60)/b42-38+. The monoisotopic (exact) mass is 954 g/mol. The van der Waals surface area contributed by atoms with Gasteiger partial charge in [0.15, 0.2) is 6.29 Å². The molecule has 0 aromatic heterocycles. The third-order valence-corrected chi connectivity index (χ3v) is 13.7. The molecule has 7 unspecified atom stereocenters. The summed E-state index contributed by atoms with van der Waals surface area (Å²) in [4.78, 5) is 25.1. The van der Waals surface area contributed by atoms with Gasteiger partial charge in [-0.25, -0.2) is 0 Å². The number of unbranched alkanes of at least 4 members (excludes halogenated alkanes) is 35. The van der Waals surface area contributed by atoms with Gasteiger partial charge in [0, 0.05) is 12.8 Å². The first kappa shape index (κ1) is 63.4. The molecule has 1 heterocycles. The summed E-state index contributed by atoms with van der Waals surface area (Å²) >= 11 is 0. The highest BCUT2D eigenvalue weighted by atomic mass is 16.7. The Morgan fingerprint density at radius 3 is 1.39 bits per heavy atom. The second-order valence-corrected chi connectivity index (χ2v) is 20.0. The molecule has 1 fully saturated rings. The molecule has 0 spiro atoms. The molecule has 11 nitrogen and oxygen atoms in total. The van der Waals surface area contributed by atoms with Gasteiger partial charge in [0.1, 0.15) is 24.4 Å². The number of carbonyl (C=O) groups excluding carboxylic acids is 2. The van der Waals surface area contributed by atoms with Crippen LogP contribution < -0.4 is 5.32 Å². The van der Waals surface area contributed by atoms with Crippen molar-refractivity contribution in [2.24, 2.45) is 0 Å². The van der Waals surface area contributed by atoms with Crippen molar-refractivity contribution in [1.82, 2.24) is 5.32 Å². The third kappa shape index (κ3) is 36.9. The summed E-state index contributed by atoms with van der Waals surface area (Å²) in [5.74, 6) is -0.213. The minimum absolute atomic E-state index is 0.0193. The van der Waals surface area contributed by atoms with Crippen LogP contribution in [0.15, 0.2) is 12.2 Å². The first-order chi connectivity index (χ1) is 32.7. The van der Waals surface area contributed by atoms with Gasteiger partial charge < -0.3 is 45.1 Å². The number of hydrogen-bond donors (Lipinski definition) is 6. The zero-order valence-corrected chi connectivity index (χ0v) is 43.4. The minimum Gasteiger partial charge on any atom is -0.466 e. The number of esters is 1. The van der Waals surface area contributed by atoms with Gasteiger partial charge in [0.05, 0.1) is 32.0 Å². The molecule has 1 saturated heterocycles. The lowest BCUT2D eigenvalue weighted by Crippen LogP contribution is -2.60.